The number of carbonyl (C=O) groups is 1. The number of rotatable bonds is 4. The number of methoxy groups -OCH3 is 1. The van der Waals surface area contributed by atoms with E-state index in [-0.39, 0.29) is 5.91 Å². The van der Waals surface area contributed by atoms with Crippen molar-refractivity contribution in [3.05, 3.63) is 35.7 Å². The standard InChI is InChI=1S/C14H18N4O2/c1-4-11-12(15)13(18(2)17-11)14(19)16-9-5-7-10(20-3)8-6-9/h5-8H,4,15H2,1-3H3,(H,16,19). The van der Waals surface area contributed by atoms with Crippen LogP contribution in [0.2, 0.25) is 0 Å². The van der Waals surface area contributed by atoms with Crippen molar-refractivity contribution in [3.63, 3.8) is 0 Å². The van der Waals surface area contributed by atoms with Crippen LogP contribution in [-0.2, 0) is 13.5 Å². The molecule has 106 valence electrons. The summed E-state index contributed by atoms with van der Waals surface area (Å²) in [6.07, 6.45) is 0.690. The van der Waals surface area contributed by atoms with E-state index in [0.717, 1.165) is 11.4 Å². The minimum atomic E-state index is -0.276. The third-order valence-corrected chi connectivity index (χ3v) is 3.06. The van der Waals surface area contributed by atoms with Gasteiger partial charge in [0.2, 0.25) is 0 Å². The second kappa shape index (κ2) is 5.64. The highest BCUT2D eigenvalue weighted by molar-refractivity contribution is 6.06. The van der Waals surface area contributed by atoms with Gasteiger partial charge in [-0.2, -0.15) is 5.10 Å². The Balaban J connectivity index is 2.21. The average Bonchev–Trinajstić information content (AvgIpc) is 2.74. The lowest BCUT2D eigenvalue weighted by molar-refractivity contribution is 0.101. The monoisotopic (exact) mass is 274 g/mol. The maximum Gasteiger partial charge on any atom is 0.276 e. The number of amides is 1. The highest BCUT2D eigenvalue weighted by Gasteiger charge is 2.19. The van der Waals surface area contributed by atoms with Crippen LogP contribution in [0.1, 0.15) is 23.1 Å². The number of nitrogens with two attached hydrogens (primary N) is 1. The number of nitrogens with one attached hydrogen (secondary N) is 1. The largest absolute Gasteiger partial charge is 0.497 e. The van der Waals surface area contributed by atoms with Crippen molar-refractivity contribution in [3.8, 4) is 5.75 Å². The molecule has 0 saturated heterocycles. The molecule has 0 unspecified atom stereocenters. The third kappa shape index (κ3) is 2.59. The summed E-state index contributed by atoms with van der Waals surface area (Å²) in [4.78, 5) is 12.3. The van der Waals surface area contributed by atoms with Gasteiger partial charge in [0.1, 0.15) is 11.4 Å². The van der Waals surface area contributed by atoms with E-state index in [9.17, 15) is 4.79 Å². The van der Waals surface area contributed by atoms with Gasteiger partial charge in [0.25, 0.3) is 5.91 Å². The minimum Gasteiger partial charge on any atom is -0.497 e. The lowest BCUT2D eigenvalue weighted by Gasteiger charge is -2.07. The Morgan fingerprint density at radius 3 is 2.55 bits per heavy atom. The summed E-state index contributed by atoms with van der Waals surface area (Å²) in [5.41, 5.74) is 8.16. The molecule has 0 radical (unpaired) electrons. The summed E-state index contributed by atoms with van der Waals surface area (Å²) in [6.45, 7) is 1.95. The maximum absolute atomic E-state index is 12.3. The quantitative estimate of drug-likeness (QED) is 0.891. The van der Waals surface area contributed by atoms with E-state index in [4.69, 9.17) is 10.5 Å². The lowest BCUT2D eigenvalue weighted by Crippen LogP contribution is -2.17. The van der Waals surface area contributed by atoms with Gasteiger partial charge < -0.3 is 15.8 Å². The van der Waals surface area contributed by atoms with Crippen LogP contribution < -0.4 is 15.8 Å². The average molecular weight is 274 g/mol. The SMILES string of the molecule is CCc1nn(C)c(C(=O)Nc2ccc(OC)cc2)c1N. The van der Waals surface area contributed by atoms with Crippen molar-refractivity contribution in [1.29, 1.82) is 0 Å². The maximum atomic E-state index is 12.3. The zero-order chi connectivity index (χ0) is 14.7. The summed E-state index contributed by atoms with van der Waals surface area (Å²) >= 11 is 0. The van der Waals surface area contributed by atoms with Crippen LogP contribution in [0, 0.1) is 0 Å². The van der Waals surface area contributed by atoms with Gasteiger partial charge in [0.15, 0.2) is 0 Å². The molecule has 6 nitrogen and oxygen atoms in total. The molecule has 0 atom stereocenters. The molecule has 1 aromatic carbocycles. The summed E-state index contributed by atoms with van der Waals surface area (Å²) in [5.74, 6) is 0.457. The Morgan fingerprint density at radius 2 is 2.05 bits per heavy atom. The van der Waals surface area contributed by atoms with Crippen LogP contribution in [0.15, 0.2) is 24.3 Å². The van der Waals surface area contributed by atoms with Crippen molar-refractivity contribution in [1.82, 2.24) is 9.78 Å². The van der Waals surface area contributed by atoms with Crippen LogP contribution >= 0.6 is 0 Å². The van der Waals surface area contributed by atoms with Crippen LogP contribution in [-0.4, -0.2) is 22.8 Å². The molecule has 0 spiro atoms. The Hall–Kier alpha value is -2.50. The number of aromatic nitrogens is 2. The number of nitrogens with zero attached hydrogens (tertiary/aromatic N) is 2. The van der Waals surface area contributed by atoms with Crippen molar-refractivity contribution >= 4 is 17.3 Å². The fraction of sp³-hybridized carbons (Fsp3) is 0.286. The first kappa shape index (κ1) is 13.9. The second-order valence-electron chi connectivity index (χ2n) is 4.37. The number of nitrogen functional groups attached to an aromatic ring is 1. The predicted molar refractivity (Wildman–Crippen MR) is 77.9 cm³/mol. The van der Waals surface area contributed by atoms with Crippen molar-refractivity contribution in [2.24, 2.45) is 7.05 Å². The van der Waals surface area contributed by atoms with E-state index in [0.29, 0.717) is 23.5 Å². The Bertz CT molecular complexity index is 617. The number of anilines is 2. The Labute approximate surface area is 117 Å². The highest BCUT2D eigenvalue weighted by Crippen LogP contribution is 2.20. The van der Waals surface area contributed by atoms with Crippen LogP contribution in [0.5, 0.6) is 5.75 Å². The fourth-order valence-corrected chi connectivity index (χ4v) is 1.99. The molecule has 1 heterocycles. The van der Waals surface area contributed by atoms with Gasteiger partial charge >= 0.3 is 0 Å². The molecule has 0 saturated carbocycles. The molecule has 1 amide bonds. The first-order valence-corrected chi connectivity index (χ1v) is 6.33. The fourth-order valence-electron chi connectivity index (χ4n) is 1.99. The van der Waals surface area contributed by atoms with Crippen molar-refractivity contribution in [2.75, 3.05) is 18.2 Å². The number of ether oxygens (including phenoxy) is 1. The van der Waals surface area contributed by atoms with Gasteiger partial charge in [0, 0.05) is 12.7 Å². The third-order valence-electron chi connectivity index (χ3n) is 3.06. The molecule has 20 heavy (non-hydrogen) atoms. The van der Waals surface area contributed by atoms with Gasteiger partial charge in [-0.15, -0.1) is 0 Å². The topological polar surface area (TPSA) is 82.2 Å². The first-order chi connectivity index (χ1) is 9.56. The van der Waals surface area contributed by atoms with Crippen molar-refractivity contribution < 1.29 is 9.53 Å². The van der Waals surface area contributed by atoms with Crippen LogP contribution in [0.25, 0.3) is 0 Å². The lowest BCUT2D eigenvalue weighted by atomic mass is 10.2. The second-order valence-corrected chi connectivity index (χ2v) is 4.37. The number of hydrogen-bond donors (Lipinski definition) is 2. The minimum absolute atomic E-state index is 0.276. The number of benzene rings is 1. The molecule has 0 aliphatic rings. The Morgan fingerprint density at radius 1 is 1.40 bits per heavy atom. The summed E-state index contributed by atoms with van der Waals surface area (Å²) in [6, 6.07) is 7.09. The van der Waals surface area contributed by atoms with E-state index in [2.05, 4.69) is 10.4 Å². The first-order valence-electron chi connectivity index (χ1n) is 6.33. The molecule has 2 rings (SSSR count). The van der Waals surface area contributed by atoms with E-state index >= 15 is 0 Å². The number of aryl methyl sites for hydroxylation is 2. The molecule has 0 bridgehead atoms. The Kier molecular flexibility index (Phi) is 3.93. The van der Waals surface area contributed by atoms with Gasteiger partial charge in [-0.25, -0.2) is 0 Å². The molecule has 1 aromatic heterocycles. The zero-order valence-electron chi connectivity index (χ0n) is 11.8. The van der Waals surface area contributed by atoms with Gasteiger partial charge in [-0.1, -0.05) is 6.92 Å². The molecular formula is C14H18N4O2. The highest BCUT2D eigenvalue weighted by atomic mass is 16.5. The normalized spacial score (nSPS) is 10.3. The predicted octanol–water partition coefficient (Wildman–Crippen LogP) is 1.83. The molecule has 6 heteroatoms. The van der Waals surface area contributed by atoms with E-state index in [1.807, 2.05) is 6.92 Å². The van der Waals surface area contributed by atoms with Crippen LogP contribution in [0.3, 0.4) is 0 Å². The van der Waals surface area contributed by atoms with Gasteiger partial charge in [0.05, 0.1) is 18.5 Å². The molecule has 3 N–H and O–H groups in total. The van der Waals surface area contributed by atoms with Gasteiger partial charge in [-0.3, -0.25) is 9.48 Å². The van der Waals surface area contributed by atoms with E-state index < -0.39 is 0 Å². The number of carbonyl (C=O) groups excluding carboxylic acids is 1. The smallest absolute Gasteiger partial charge is 0.276 e. The molecule has 0 aliphatic heterocycles. The summed E-state index contributed by atoms with van der Waals surface area (Å²) in [5, 5.41) is 7.02. The summed E-state index contributed by atoms with van der Waals surface area (Å²) < 4.78 is 6.58. The molecule has 0 aliphatic carbocycles. The molecular weight excluding hydrogens is 256 g/mol. The summed E-state index contributed by atoms with van der Waals surface area (Å²) in [7, 11) is 3.30. The van der Waals surface area contributed by atoms with Crippen LogP contribution in [0.4, 0.5) is 11.4 Å². The van der Waals surface area contributed by atoms with E-state index in [1.54, 1.807) is 38.4 Å². The molecule has 2 aromatic rings. The number of hydrogen-bond acceptors (Lipinski definition) is 4. The zero-order valence-corrected chi connectivity index (χ0v) is 11.8. The van der Waals surface area contributed by atoms with E-state index in [1.165, 1.54) is 4.68 Å². The van der Waals surface area contributed by atoms with Crippen molar-refractivity contribution in [2.45, 2.75) is 13.3 Å². The van der Waals surface area contributed by atoms with Gasteiger partial charge in [-0.05, 0) is 30.7 Å². The molecule has 0 fully saturated rings.